The highest BCUT2D eigenvalue weighted by Gasteiger charge is 2.24. The van der Waals surface area contributed by atoms with Crippen molar-refractivity contribution in [3.8, 4) is 5.75 Å². The van der Waals surface area contributed by atoms with E-state index in [1.807, 2.05) is 65.6 Å². The number of hydrogen-bond donors (Lipinski definition) is 0. The molecule has 188 valence electrons. The molecule has 0 bridgehead atoms. The second kappa shape index (κ2) is 12.0. The Morgan fingerprint density at radius 3 is 2.50 bits per heavy atom. The minimum Gasteiger partial charge on any atom is -0.489 e. The van der Waals surface area contributed by atoms with Crippen molar-refractivity contribution in [1.82, 2.24) is 9.88 Å². The lowest BCUT2D eigenvalue weighted by molar-refractivity contribution is 0.0507. The van der Waals surface area contributed by atoms with Crippen molar-refractivity contribution in [3.63, 3.8) is 0 Å². The summed E-state index contributed by atoms with van der Waals surface area (Å²) in [7, 11) is 0. The number of amides is 1. The van der Waals surface area contributed by atoms with Gasteiger partial charge in [0, 0.05) is 62.0 Å². The van der Waals surface area contributed by atoms with E-state index in [9.17, 15) is 4.79 Å². The van der Waals surface area contributed by atoms with E-state index in [0.29, 0.717) is 25.3 Å². The quantitative estimate of drug-likeness (QED) is 0.448. The largest absolute Gasteiger partial charge is 0.489 e. The summed E-state index contributed by atoms with van der Waals surface area (Å²) in [6, 6.07) is 19.8. The molecule has 1 amide bonds. The van der Waals surface area contributed by atoms with E-state index in [-0.39, 0.29) is 12.0 Å². The Labute approximate surface area is 212 Å². The molecule has 3 aromatic rings. The molecule has 3 heterocycles. The van der Waals surface area contributed by atoms with Gasteiger partial charge in [0.05, 0.1) is 19.3 Å². The molecular weight excluding hydrogens is 454 g/mol. The van der Waals surface area contributed by atoms with Crippen molar-refractivity contribution < 1.29 is 19.0 Å². The molecule has 1 aromatic heterocycles. The fraction of sp³-hybridized carbons (Fsp3) is 0.379. The van der Waals surface area contributed by atoms with Gasteiger partial charge in [-0.1, -0.05) is 18.2 Å². The molecule has 2 aliphatic rings. The maximum absolute atomic E-state index is 13.6. The van der Waals surface area contributed by atoms with Crippen LogP contribution in [0.1, 0.15) is 34.3 Å². The van der Waals surface area contributed by atoms with E-state index in [0.717, 1.165) is 68.3 Å². The van der Waals surface area contributed by atoms with Crippen LogP contribution in [0.25, 0.3) is 0 Å². The summed E-state index contributed by atoms with van der Waals surface area (Å²) in [6.45, 7) is 5.57. The number of anilines is 1. The van der Waals surface area contributed by atoms with Gasteiger partial charge < -0.3 is 24.0 Å². The van der Waals surface area contributed by atoms with Crippen LogP contribution in [0.4, 0.5) is 5.69 Å². The number of hydrogen-bond acceptors (Lipinski definition) is 6. The Bertz CT molecular complexity index is 1090. The second-order valence-corrected chi connectivity index (χ2v) is 9.26. The van der Waals surface area contributed by atoms with E-state index in [2.05, 4.69) is 9.88 Å². The Hall–Kier alpha value is -3.42. The highest BCUT2D eigenvalue weighted by Crippen LogP contribution is 2.22. The number of carbonyl (C=O) groups is 1. The molecule has 0 aliphatic carbocycles. The maximum Gasteiger partial charge on any atom is 0.254 e. The predicted octanol–water partition coefficient (Wildman–Crippen LogP) is 4.32. The lowest BCUT2D eigenvalue weighted by Gasteiger charge is -2.29. The van der Waals surface area contributed by atoms with Crippen LogP contribution >= 0.6 is 0 Å². The van der Waals surface area contributed by atoms with Crippen LogP contribution in [0.5, 0.6) is 5.75 Å². The Kier molecular flexibility index (Phi) is 8.10. The SMILES string of the molecule is O=C(c1ccc(N2CCOCC2)cc1)N(Cc1ccc(OCc2cccnc2)cc1)C[C@@H]1CCCO1. The normalized spacial score (nSPS) is 17.7. The number of benzene rings is 2. The summed E-state index contributed by atoms with van der Waals surface area (Å²) < 4.78 is 17.2. The van der Waals surface area contributed by atoms with Gasteiger partial charge in [0.15, 0.2) is 0 Å². The van der Waals surface area contributed by atoms with Crippen LogP contribution in [0.15, 0.2) is 73.1 Å². The molecule has 0 N–H and O–H groups in total. The molecule has 7 heteroatoms. The molecule has 5 rings (SSSR count). The molecule has 0 saturated carbocycles. The molecule has 0 radical (unpaired) electrons. The van der Waals surface area contributed by atoms with Crippen LogP contribution in [0.3, 0.4) is 0 Å². The summed E-state index contributed by atoms with van der Waals surface area (Å²) in [5.41, 5.74) is 3.90. The van der Waals surface area contributed by atoms with Crippen molar-refractivity contribution in [3.05, 3.63) is 89.7 Å². The van der Waals surface area contributed by atoms with E-state index < -0.39 is 0 Å². The third kappa shape index (κ3) is 6.42. The van der Waals surface area contributed by atoms with E-state index in [1.165, 1.54) is 0 Å². The summed E-state index contributed by atoms with van der Waals surface area (Å²) in [5.74, 6) is 0.814. The second-order valence-electron chi connectivity index (χ2n) is 9.26. The maximum atomic E-state index is 13.6. The minimum atomic E-state index is 0.0240. The Morgan fingerprint density at radius 2 is 1.81 bits per heavy atom. The smallest absolute Gasteiger partial charge is 0.254 e. The van der Waals surface area contributed by atoms with Crippen molar-refractivity contribution in [1.29, 1.82) is 0 Å². The molecule has 1 atom stereocenters. The zero-order chi connectivity index (χ0) is 24.6. The number of carbonyl (C=O) groups excluding carboxylic acids is 1. The van der Waals surface area contributed by atoms with Crippen molar-refractivity contribution in [2.24, 2.45) is 0 Å². The van der Waals surface area contributed by atoms with Crippen LogP contribution in [-0.2, 0) is 22.6 Å². The van der Waals surface area contributed by atoms with Crippen LogP contribution in [0.2, 0.25) is 0 Å². The molecular formula is C29H33N3O4. The van der Waals surface area contributed by atoms with Gasteiger partial charge in [-0.2, -0.15) is 0 Å². The molecule has 0 unspecified atom stereocenters. The zero-order valence-electron chi connectivity index (χ0n) is 20.6. The third-order valence-electron chi connectivity index (χ3n) is 6.65. The molecule has 2 saturated heterocycles. The number of pyridine rings is 1. The van der Waals surface area contributed by atoms with Crippen LogP contribution in [-0.4, -0.2) is 61.3 Å². The van der Waals surface area contributed by atoms with E-state index in [1.54, 1.807) is 12.4 Å². The number of morpholine rings is 1. The van der Waals surface area contributed by atoms with Gasteiger partial charge >= 0.3 is 0 Å². The molecule has 2 aliphatic heterocycles. The monoisotopic (exact) mass is 487 g/mol. The van der Waals surface area contributed by atoms with Gasteiger partial charge in [-0.15, -0.1) is 0 Å². The van der Waals surface area contributed by atoms with E-state index >= 15 is 0 Å². The highest BCUT2D eigenvalue weighted by molar-refractivity contribution is 5.94. The summed E-state index contributed by atoms with van der Waals surface area (Å²) in [6.07, 6.45) is 5.67. The Morgan fingerprint density at radius 1 is 1.00 bits per heavy atom. The van der Waals surface area contributed by atoms with Gasteiger partial charge in [-0.05, 0) is 60.9 Å². The van der Waals surface area contributed by atoms with Gasteiger partial charge in [0.1, 0.15) is 12.4 Å². The number of aromatic nitrogens is 1. The van der Waals surface area contributed by atoms with Gasteiger partial charge in [-0.3, -0.25) is 9.78 Å². The molecule has 7 nitrogen and oxygen atoms in total. The summed E-state index contributed by atoms with van der Waals surface area (Å²) in [4.78, 5) is 21.9. The zero-order valence-corrected chi connectivity index (χ0v) is 20.6. The lowest BCUT2D eigenvalue weighted by Crippen LogP contribution is -2.37. The molecule has 36 heavy (non-hydrogen) atoms. The van der Waals surface area contributed by atoms with Crippen LogP contribution in [0, 0.1) is 0 Å². The molecule has 0 spiro atoms. The van der Waals surface area contributed by atoms with Crippen molar-refractivity contribution in [2.75, 3.05) is 44.4 Å². The first-order chi connectivity index (χ1) is 17.7. The van der Waals surface area contributed by atoms with Crippen molar-refractivity contribution >= 4 is 11.6 Å². The number of rotatable bonds is 9. The fourth-order valence-corrected chi connectivity index (χ4v) is 4.63. The first kappa shape index (κ1) is 24.3. The van der Waals surface area contributed by atoms with Crippen molar-refractivity contribution in [2.45, 2.75) is 32.1 Å². The number of ether oxygens (including phenoxy) is 3. The number of nitrogens with zero attached hydrogens (tertiary/aromatic N) is 3. The Balaban J connectivity index is 1.25. The summed E-state index contributed by atoms with van der Waals surface area (Å²) >= 11 is 0. The molecule has 2 aromatic carbocycles. The third-order valence-corrected chi connectivity index (χ3v) is 6.65. The standard InChI is InChI=1S/C29H33N3O4/c33-29(25-7-9-26(10-8-25)31-14-17-34-18-15-31)32(21-28-4-2-16-35-28)20-23-5-11-27(12-6-23)36-22-24-3-1-13-30-19-24/h1,3,5-13,19,28H,2,4,14-18,20-22H2/t28-/m0/s1. The average molecular weight is 488 g/mol. The van der Waals surface area contributed by atoms with E-state index in [4.69, 9.17) is 14.2 Å². The van der Waals surface area contributed by atoms with Gasteiger partial charge in [0.2, 0.25) is 0 Å². The first-order valence-electron chi connectivity index (χ1n) is 12.7. The summed E-state index contributed by atoms with van der Waals surface area (Å²) in [5, 5.41) is 0. The minimum absolute atomic E-state index is 0.0240. The first-order valence-corrected chi connectivity index (χ1v) is 12.7. The predicted molar refractivity (Wildman–Crippen MR) is 138 cm³/mol. The molecule has 2 fully saturated rings. The van der Waals surface area contributed by atoms with Crippen LogP contribution < -0.4 is 9.64 Å². The topological polar surface area (TPSA) is 64.1 Å². The lowest BCUT2D eigenvalue weighted by atomic mass is 10.1. The van der Waals surface area contributed by atoms with Gasteiger partial charge in [0.25, 0.3) is 5.91 Å². The average Bonchev–Trinajstić information content (AvgIpc) is 3.46. The fourth-order valence-electron chi connectivity index (χ4n) is 4.63. The highest BCUT2D eigenvalue weighted by atomic mass is 16.5. The van der Waals surface area contributed by atoms with Gasteiger partial charge in [-0.25, -0.2) is 0 Å².